The third-order valence-corrected chi connectivity index (χ3v) is 3.03. The summed E-state index contributed by atoms with van der Waals surface area (Å²) in [6.45, 7) is 6.06. The number of halogens is 1. The molecule has 0 spiro atoms. The first-order chi connectivity index (χ1) is 9.49. The maximum atomic E-state index is 13.9. The molecular weight excluding hydrogens is 259 g/mol. The third-order valence-electron chi connectivity index (χ3n) is 3.03. The number of carbonyl (C=O) groups excluding carboxylic acids is 1. The molecule has 0 heterocycles. The van der Waals surface area contributed by atoms with Gasteiger partial charge in [0.05, 0.1) is 17.9 Å². The second-order valence-corrected chi connectivity index (χ2v) is 4.83. The monoisotopic (exact) mass is 282 g/mol. The van der Waals surface area contributed by atoms with Crippen LogP contribution in [0.1, 0.15) is 50.4 Å². The number of carbonyl (C=O) groups is 1. The van der Waals surface area contributed by atoms with Gasteiger partial charge in [-0.15, -0.1) is 0 Å². The fraction of sp³-hybridized carbons (Fsp3) is 0.533. The van der Waals surface area contributed by atoms with Gasteiger partial charge in [-0.3, -0.25) is 0 Å². The summed E-state index contributed by atoms with van der Waals surface area (Å²) in [5, 5.41) is 3.07. The topological polar surface area (TPSA) is 64.3 Å². The first-order valence-electron chi connectivity index (χ1n) is 7.02. The summed E-state index contributed by atoms with van der Waals surface area (Å²) in [6, 6.07) is 2.70. The Bertz CT molecular complexity index is 463. The third kappa shape index (κ3) is 4.40. The van der Waals surface area contributed by atoms with E-state index in [0.717, 1.165) is 25.3 Å². The minimum atomic E-state index is -0.533. The van der Waals surface area contributed by atoms with Gasteiger partial charge < -0.3 is 15.8 Å². The Hall–Kier alpha value is -1.78. The standard InChI is InChI=1S/C15H23FN2O2/c1-4-6-7-10(3)18-14-8-11(15(19)20-5-2)13(17)9-12(14)16/h8-10,18H,4-7,17H2,1-3H3. The number of esters is 1. The normalized spacial score (nSPS) is 12.0. The van der Waals surface area contributed by atoms with Crippen LogP contribution in [0.4, 0.5) is 15.8 Å². The highest BCUT2D eigenvalue weighted by Gasteiger charge is 2.16. The van der Waals surface area contributed by atoms with Crippen LogP contribution in [-0.2, 0) is 4.74 Å². The number of rotatable bonds is 7. The van der Waals surface area contributed by atoms with E-state index >= 15 is 0 Å². The molecule has 0 saturated heterocycles. The second-order valence-electron chi connectivity index (χ2n) is 4.83. The molecule has 0 radical (unpaired) electrons. The number of nitrogens with one attached hydrogen (secondary N) is 1. The van der Waals surface area contributed by atoms with E-state index in [4.69, 9.17) is 10.5 Å². The van der Waals surface area contributed by atoms with Gasteiger partial charge in [0.2, 0.25) is 0 Å². The van der Waals surface area contributed by atoms with Gasteiger partial charge in [-0.1, -0.05) is 19.8 Å². The molecule has 1 atom stereocenters. The average Bonchev–Trinajstić information content (AvgIpc) is 2.39. The number of unbranched alkanes of at least 4 members (excludes halogenated alkanes) is 1. The first kappa shape index (κ1) is 16.3. The quantitative estimate of drug-likeness (QED) is 0.592. The maximum Gasteiger partial charge on any atom is 0.340 e. The van der Waals surface area contributed by atoms with Crippen LogP contribution in [0.2, 0.25) is 0 Å². The molecule has 3 N–H and O–H groups in total. The summed E-state index contributed by atoms with van der Waals surface area (Å²) in [6.07, 6.45) is 3.09. The van der Waals surface area contributed by atoms with Crippen LogP contribution in [0.5, 0.6) is 0 Å². The van der Waals surface area contributed by atoms with Gasteiger partial charge in [-0.05, 0) is 32.4 Å². The van der Waals surface area contributed by atoms with Crippen LogP contribution < -0.4 is 11.1 Å². The van der Waals surface area contributed by atoms with E-state index in [2.05, 4.69) is 12.2 Å². The lowest BCUT2D eigenvalue weighted by atomic mass is 10.1. The molecule has 5 heteroatoms. The van der Waals surface area contributed by atoms with Crippen molar-refractivity contribution >= 4 is 17.3 Å². The molecule has 1 aromatic rings. The smallest absolute Gasteiger partial charge is 0.340 e. The van der Waals surface area contributed by atoms with Crippen molar-refractivity contribution in [1.29, 1.82) is 0 Å². The minimum Gasteiger partial charge on any atom is -0.462 e. The number of hydrogen-bond donors (Lipinski definition) is 2. The number of nitrogen functional groups attached to an aromatic ring is 1. The van der Waals surface area contributed by atoms with E-state index < -0.39 is 11.8 Å². The Balaban J connectivity index is 2.90. The Morgan fingerprint density at radius 3 is 2.75 bits per heavy atom. The van der Waals surface area contributed by atoms with Gasteiger partial charge in [0.25, 0.3) is 0 Å². The Morgan fingerprint density at radius 2 is 2.15 bits per heavy atom. The fourth-order valence-electron chi connectivity index (χ4n) is 1.93. The molecule has 0 saturated carbocycles. The zero-order valence-corrected chi connectivity index (χ0v) is 12.3. The molecule has 1 aromatic carbocycles. The van der Waals surface area contributed by atoms with Crippen LogP contribution >= 0.6 is 0 Å². The number of anilines is 2. The van der Waals surface area contributed by atoms with Crippen molar-refractivity contribution in [3.8, 4) is 0 Å². The van der Waals surface area contributed by atoms with Crippen LogP contribution in [0, 0.1) is 5.82 Å². The van der Waals surface area contributed by atoms with Crippen molar-refractivity contribution in [3.05, 3.63) is 23.5 Å². The van der Waals surface area contributed by atoms with E-state index in [1.54, 1.807) is 6.92 Å². The highest BCUT2D eigenvalue weighted by atomic mass is 19.1. The van der Waals surface area contributed by atoms with Crippen LogP contribution in [-0.4, -0.2) is 18.6 Å². The van der Waals surface area contributed by atoms with Crippen LogP contribution in [0.15, 0.2) is 12.1 Å². The number of hydrogen-bond acceptors (Lipinski definition) is 4. The van der Waals surface area contributed by atoms with E-state index in [9.17, 15) is 9.18 Å². The molecule has 0 bridgehead atoms. The van der Waals surface area contributed by atoms with Gasteiger partial charge in [-0.25, -0.2) is 9.18 Å². The van der Waals surface area contributed by atoms with Gasteiger partial charge in [-0.2, -0.15) is 0 Å². The van der Waals surface area contributed by atoms with Crippen LogP contribution in [0.3, 0.4) is 0 Å². The summed E-state index contributed by atoms with van der Waals surface area (Å²) in [7, 11) is 0. The average molecular weight is 282 g/mol. The predicted molar refractivity (Wildman–Crippen MR) is 79.4 cm³/mol. The zero-order valence-electron chi connectivity index (χ0n) is 12.3. The van der Waals surface area contributed by atoms with Crippen molar-refractivity contribution in [1.82, 2.24) is 0 Å². The molecular formula is C15H23FN2O2. The summed E-state index contributed by atoms with van der Waals surface area (Å²) in [4.78, 5) is 11.7. The predicted octanol–water partition coefficient (Wildman–Crippen LogP) is 3.58. The molecule has 0 aliphatic carbocycles. The van der Waals surface area contributed by atoms with E-state index in [-0.39, 0.29) is 29.6 Å². The molecule has 0 aliphatic heterocycles. The molecule has 0 aromatic heterocycles. The Kier molecular flexibility index (Phi) is 6.28. The van der Waals surface area contributed by atoms with Crippen LogP contribution in [0.25, 0.3) is 0 Å². The van der Waals surface area contributed by atoms with Crippen molar-refractivity contribution in [2.45, 2.75) is 46.1 Å². The summed E-state index contributed by atoms with van der Waals surface area (Å²) >= 11 is 0. The van der Waals surface area contributed by atoms with E-state index in [1.165, 1.54) is 6.07 Å². The minimum absolute atomic E-state index is 0.0905. The molecule has 112 valence electrons. The van der Waals surface area contributed by atoms with Crippen molar-refractivity contribution in [2.24, 2.45) is 0 Å². The summed E-state index contributed by atoms with van der Waals surface area (Å²) in [5.74, 6) is -0.992. The molecule has 1 unspecified atom stereocenters. The fourth-order valence-corrected chi connectivity index (χ4v) is 1.93. The Morgan fingerprint density at radius 1 is 1.45 bits per heavy atom. The van der Waals surface area contributed by atoms with Gasteiger partial charge >= 0.3 is 5.97 Å². The Labute approximate surface area is 119 Å². The van der Waals surface area contributed by atoms with Gasteiger partial charge in [0.15, 0.2) is 0 Å². The molecule has 0 amide bonds. The molecule has 0 fully saturated rings. The summed E-state index contributed by atoms with van der Waals surface area (Å²) in [5.41, 5.74) is 6.23. The highest BCUT2D eigenvalue weighted by Crippen LogP contribution is 2.24. The SMILES string of the molecule is CCCCC(C)Nc1cc(C(=O)OCC)c(N)cc1F. The molecule has 0 aliphatic rings. The van der Waals surface area contributed by atoms with Crippen molar-refractivity contribution in [2.75, 3.05) is 17.7 Å². The number of nitrogens with two attached hydrogens (primary N) is 1. The zero-order chi connectivity index (χ0) is 15.1. The largest absolute Gasteiger partial charge is 0.462 e. The molecule has 1 rings (SSSR count). The highest BCUT2D eigenvalue weighted by molar-refractivity contribution is 5.96. The first-order valence-corrected chi connectivity index (χ1v) is 7.02. The van der Waals surface area contributed by atoms with Crippen molar-refractivity contribution in [3.63, 3.8) is 0 Å². The van der Waals surface area contributed by atoms with E-state index in [1.807, 2.05) is 6.92 Å². The van der Waals surface area contributed by atoms with Crippen molar-refractivity contribution < 1.29 is 13.9 Å². The lowest BCUT2D eigenvalue weighted by molar-refractivity contribution is 0.0527. The molecule has 4 nitrogen and oxygen atoms in total. The maximum absolute atomic E-state index is 13.9. The lowest BCUT2D eigenvalue weighted by Crippen LogP contribution is -2.17. The van der Waals surface area contributed by atoms with E-state index in [0.29, 0.717) is 0 Å². The summed E-state index contributed by atoms with van der Waals surface area (Å²) < 4.78 is 18.8. The lowest BCUT2D eigenvalue weighted by Gasteiger charge is -2.17. The second kappa shape index (κ2) is 7.72. The number of ether oxygens (including phenoxy) is 1. The number of benzene rings is 1. The van der Waals surface area contributed by atoms with Gasteiger partial charge in [0.1, 0.15) is 5.82 Å². The van der Waals surface area contributed by atoms with Gasteiger partial charge in [0, 0.05) is 11.7 Å². The molecule has 20 heavy (non-hydrogen) atoms.